The third kappa shape index (κ3) is 13.2. The number of nitrogens with zero attached hydrogens (tertiary/aromatic N) is 2. The fraction of sp³-hybridized carbons (Fsp3) is 0.944. The van der Waals surface area contributed by atoms with Crippen LogP contribution in [-0.4, -0.2) is 29.0 Å². The summed E-state index contributed by atoms with van der Waals surface area (Å²) in [5.74, 6) is 2.46. The van der Waals surface area contributed by atoms with Crippen LogP contribution in [0, 0.1) is 0 Å². The van der Waals surface area contributed by atoms with Crippen molar-refractivity contribution in [1.29, 1.82) is 0 Å². The van der Waals surface area contributed by atoms with Gasteiger partial charge in [0.1, 0.15) is 5.84 Å². The zero-order chi connectivity index (χ0) is 15.8. The van der Waals surface area contributed by atoms with Gasteiger partial charge in [0, 0.05) is 18.8 Å². The molecule has 0 saturated carbocycles. The Bertz CT molecular complexity index is 241. The van der Waals surface area contributed by atoms with E-state index in [1.165, 1.54) is 69.4 Å². The summed E-state index contributed by atoms with van der Waals surface area (Å²) < 4.78 is 2.40. The topological polar surface area (TPSA) is 15.6 Å². The first-order valence-corrected chi connectivity index (χ1v) is 10.1. The Morgan fingerprint density at radius 2 is 1.43 bits per heavy atom. The van der Waals surface area contributed by atoms with E-state index < -0.39 is 0 Å². The van der Waals surface area contributed by atoms with Crippen molar-refractivity contribution in [3.8, 4) is 0 Å². The van der Waals surface area contributed by atoms with Crippen molar-refractivity contribution in [3.05, 3.63) is 0 Å². The van der Waals surface area contributed by atoms with Crippen LogP contribution in [0.4, 0.5) is 0 Å². The van der Waals surface area contributed by atoms with E-state index in [1.807, 2.05) is 11.9 Å². The monoisotopic (exact) mass is 314 g/mol. The Morgan fingerprint density at radius 3 is 2.00 bits per heavy atom. The van der Waals surface area contributed by atoms with Crippen LogP contribution >= 0.6 is 11.9 Å². The molecule has 0 bridgehead atoms. The van der Waals surface area contributed by atoms with Gasteiger partial charge >= 0.3 is 0 Å². The molecule has 0 N–H and O–H groups in total. The summed E-state index contributed by atoms with van der Waals surface area (Å²) in [6.45, 7) is 11.0. The molecule has 3 heteroatoms. The van der Waals surface area contributed by atoms with Crippen molar-refractivity contribution < 1.29 is 0 Å². The van der Waals surface area contributed by atoms with Gasteiger partial charge in [0.05, 0.1) is 0 Å². The van der Waals surface area contributed by atoms with E-state index in [9.17, 15) is 0 Å². The van der Waals surface area contributed by atoms with Gasteiger partial charge in [-0.15, -0.1) is 0 Å². The van der Waals surface area contributed by atoms with E-state index in [1.54, 1.807) is 0 Å². The Kier molecular flexibility index (Phi) is 16.1. The molecule has 0 aromatic heterocycles. The number of unbranched alkanes of at least 4 members (excludes halogenated alkanes) is 7. The summed E-state index contributed by atoms with van der Waals surface area (Å²) in [7, 11) is 0. The maximum absolute atomic E-state index is 4.64. The van der Waals surface area contributed by atoms with E-state index in [-0.39, 0.29) is 0 Å². The van der Waals surface area contributed by atoms with Crippen LogP contribution in [-0.2, 0) is 0 Å². The van der Waals surface area contributed by atoms with E-state index in [0.29, 0.717) is 0 Å². The highest BCUT2D eigenvalue weighted by Gasteiger charge is 2.06. The quantitative estimate of drug-likeness (QED) is 0.161. The second kappa shape index (κ2) is 16.2. The van der Waals surface area contributed by atoms with Gasteiger partial charge in [-0.05, 0) is 38.1 Å². The summed E-state index contributed by atoms with van der Waals surface area (Å²) in [4.78, 5) is 4.64. The van der Waals surface area contributed by atoms with Crippen LogP contribution in [0.5, 0.6) is 0 Å². The highest BCUT2D eigenvalue weighted by Crippen LogP contribution is 2.16. The van der Waals surface area contributed by atoms with Gasteiger partial charge in [0.25, 0.3) is 0 Å². The summed E-state index contributed by atoms with van der Waals surface area (Å²) in [5.41, 5.74) is 0. The first-order chi connectivity index (χ1) is 10.3. The second-order valence-corrected chi connectivity index (χ2v) is 6.95. The predicted octanol–water partition coefficient (Wildman–Crippen LogP) is 6.32. The number of hydrogen-bond donors (Lipinski definition) is 0. The van der Waals surface area contributed by atoms with Crippen molar-refractivity contribution in [2.45, 2.75) is 91.9 Å². The lowest BCUT2D eigenvalue weighted by Crippen LogP contribution is -2.23. The van der Waals surface area contributed by atoms with Crippen molar-refractivity contribution in [2.75, 3.05) is 18.8 Å². The molecule has 0 amide bonds. The normalized spacial score (nSPS) is 11.9. The molecular formula is C18H38N2S. The molecule has 0 unspecified atom stereocenters. The standard InChI is InChI=1S/C18H38N2S/c1-5-8-9-10-11-12-13-14-17-21-20(16-7-3)18(4)19-15-6-2/h5-17H2,1-4H3/b19-18+. The Balaban J connectivity index is 3.65. The summed E-state index contributed by atoms with van der Waals surface area (Å²) in [5, 5.41) is 0. The molecular weight excluding hydrogens is 276 g/mol. The zero-order valence-corrected chi connectivity index (χ0v) is 15.8. The molecule has 2 nitrogen and oxygen atoms in total. The fourth-order valence-corrected chi connectivity index (χ4v) is 3.40. The minimum Gasteiger partial charge on any atom is -0.305 e. The number of hydrogen-bond acceptors (Lipinski definition) is 2. The smallest absolute Gasteiger partial charge is 0.106 e. The molecule has 0 fully saturated rings. The summed E-state index contributed by atoms with van der Waals surface area (Å²) >= 11 is 1.98. The van der Waals surface area contributed by atoms with Crippen LogP contribution in [0.2, 0.25) is 0 Å². The van der Waals surface area contributed by atoms with Gasteiger partial charge in [-0.2, -0.15) is 0 Å². The minimum atomic E-state index is 0.963. The first kappa shape index (κ1) is 20.8. The molecule has 21 heavy (non-hydrogen) atoms. The van der Waals surface area contributed by atoms with Crippen LogP contribution in [0.15, 0.2) is 4.99 Å². The maximum Gasteiger partial charge on any atom is 0.106 e. The lowest BCUT2D eigenvalue weighted by molar-refractivity contribution is 0.584. The molecule has 0 aromatic carbocycles. The SMILES string of the molecule is CCCCCCCCCCSN(CCC)/C(C)=N/CCC. The van der Waals surface area contributed by atoms with Gasteiger partial charge in [-0.1, -0.05) is 65.7 Å². The molecule has 0 spiro atoms. The van der Waals surface area contributed by atoms with E-state index in [2.05, 4.69) is 37.0 Å². The predicted molar refractivity (Wildman–Crippen MR) is 100 cm³/mol. The highest BCUT2D eigenvalue weighted by atomic mass is 32.2. The Labute approximate surface area is 138 Å². The van der Waals surface area contributed by atoms with Crippen LogP contribution in [0.1, 0.15) is 91.9 Å². The Morgan fingerprint density at radius 1 is 0.810 bits per heavy atom. The first-order valence-electron chi connectivity index (χ1n) is 9.17. The van der Waals surface area contributed by atoms with Gasteiger partial charge in [0.2, 0.25) is 0 Å². The molecule has 0 rings (SSSR count). The zero-order valence-electron chi connectivity index (χ0n) is 15.0. The van der Waals surface area contributed by atoms with Crippen LogP contribution < -0.4 is 0 Å². The molecule has 0 heterocycles. The third-order valence-electron chi connectivity index (χ3n) is 3.60. The van der Waals surface area contributed by atoms with Gasteiger partial charge in [-0.3, -0.25) is 4.99 Å². The van der Waals surface area contributed by atoms with Crippen molar-refractivity contribution >= 4 is 17.8 Å². The number of amidine groups is 1. The van der Waals surface area contributed by atoms with E-state index in [4.69, 9.17) is 0 Å². The van der Waals surface area contributed by atoms with Crippen molar-refractivity contribution in [2.24, 2.45) is 4.99 Å². The average Bonchev–Trinajstić information content (AvgIpc) is 2.49. The largest absolute Gasteiger partial charge is 0.305 e. The molecule has 0 aliphatic rings. The lowest BCUT2D eigenvalue weighted by atomic mass is 10.1. The van der Waals surface area contributed by atoms with Gasteiger partial charge in [-0.25, -0.2) is 0 Å². The third-order valence-corrected chi connectivity index (χ3v) is 4.83. The Hall–Kier alpha value is -0.180. The fourth-order valence-electron chi connectivity index (χ4n) is 2.29. The highest BCUT2D eigenvalue weighted by molar-refractivity contribution is 7.97. The van der Waals surface area contributed by atoms with Crippen molar-refractivity contribution in [3.63, 3.8) is 0 Å². The maximum atomic E-state index is 4.64. The number of aliphatic imine (C=N–C) groups is 1. The van der Waals surface area contributed by atoms with Crippen molar-refractivity contribution in [1.82, 2.24) is 4.31 Å². The minimum absolute atomic E-state index is 0.963. The molecule has 0 aromatic rings. The van der Waals surface area contributed by atoms with Gasteiger partial charge < -0.3 is 4.31 Å². The lowest BCUT2D eigenvalue weighted by Gasteiger charge is -2.22. The average molecular weight is 315 g/mol. The summed E-state index contributed by atoms with van der Waals surface area (Å²) in [6.07, 6.45) is 13.6. The molecule has 0 aliphatic carbocycles. The summed E-state index contributed by atoms with van der Waals surface area (Å²) in [6, 6.07) is 0. The molecule has 0 atom stereocenters. The molecule has 0 saturated heterocycles. The van der Waals surface area contributed by atoms with E-state index >= 15 is 0 Å². The molecule has 126 valence electrons. The van der Waals surface area contributed by atoms with Gasteiger partial charge in [0.15, 0.2) is 0 Å². The number of rotatable bonds is 14. The van der Waals surface area contributed by atoms with Crippen LogP contribution in [0.3, 0.4) is 0 Å². The second-order valence-electron chi connectivity index (χ2n) is 5.84. The van der Waals surface area contributed by atoms with Crippen LogP contribution in [0.25, 0.3) is 0 Å². The molecule has 0 radical (unpaired) electrons. The molecule has 0 aliphatic heterocycles. The van der Waals surface area contributed by atoms with E-state index in [0.717, 1.165) is 19.5 Å².